The molecule has 1 atom stereocenters. The summed E-state index contributed by atoms with van der Waals surface area (Å²) in [6.07, 6.45) is 2.31. The van der Waals surface area contributed by atoms with Crippen molar-refractivity contribution in [1.82, 2.24) is 10.2 Å². The van der Waals surface area contributed by atoms with Crippen molar-refractivity contribution in [2.75, 3.05) is 26.2 Å². The number of rotatable bonds is 8. The van der Waals surface area contributed by atoms with Crippen molar-refractivity contribution in [2.24, 2.45) is 0 Å². The van der Waals surface area contributed by atoms with Gasteiger partial charge in [0.25, 0.3) is 0 Å². The number of amides is 1. The average molecular weight is 235 g/mol. The third-order valence-corrected chi connectivity index (χ3v) is 2.37. The summed E-state index contributed by atoms with van der Waals surface area (Å²) < 4.78 is 0. The molecule has 1 N–H and O–H groups in total. The molecule has 0 aromatic rings. The normalized spacial score (nSPS) is 12.9. The van der Waals surface area contributed by atoms with Gasteiger partial charge in [0.2, 0.25) is 5.91 Å². The van der Waals surface area contributed by atoms with E-state index in [2.05, 4.69) is 24.1 Å². The first-order valence-corrected chi connectivity index (χ1v) is 6.19. The molecule has 0 saturated carbocycles. The Kier molecular flexibility index (Phi) is 8.82. The Morgan fingerprint density at radius 3 is 2.20 bits per heavy atom. The summed E-state index contributed by atoms with van der Waals surface area (Å²) in [5.41, 5.74) is 0. The number of hydrogen-bond donors (Lipinski definition) is 1. The van der Waals surface area contributed by atoms with Crippen molar-refractivity contribution in [2.45, 2.75) is 39.0 Å². The lowest BCUT2D eigenvalue weighted by atomic mass is 10.3. The van der Waals surface area contributed by atoms with E-state index in [0.29, 0.717) is 6.54 Å². The first kappa shape index (κ1) is 14.7. The maximum Gasteiger partial charge on any atom is 0.237 e. The first-order valence-electron chi connectivity index (χ1n) is 5.75. The molecule has 0 rings (SSSR count). The van der Waals surface area contributed by atoms with Crippen molar-refractivity contribution in [3.05, 3.63) is 0 Å². The summed E-state index contributed by atoms with van der Waals surface area (Å²) >= 11 is 5.64. The van der Waals surface area contributed by atoms with Crippen LogP contribution in [0.2, 0.25) is 0 Å². The molecule has 0 radical (unpaired) electrons. The highest BCUT2D eigenvalue weighted by Gasteiger charge is 2.08. The molecule has 4 heteroatoms. The minimum absolute atomic E-state index is 0.0791. The lowest BCUT2D eigenvalue weighted by molar-refractivity contribution is -0.120. The van der Waals surface area contributed by atoms with Crippen LogP contribution in [0.5, 0.6) is 0 Å². The van der Waals surface area contributed by atoms with Crippen LogP contribution in [-0.2, 0) is 4.79 Å². The molecule has 15 heavy (non-hydrogen) atoms. The zero-order valence-electron chi connectivity index (χ0n) is 10.1. The summed E-state index contributed by atoms with van der Waals surface area (Å²) in [4.78, 5) is 13.5. The summed E-state index contributed by atoms with van der Waals surface area (Å²) in [5.74, 6) is -0.0791. The molecule has 0 fully saturated rings. The van der Waals surface area contributed by atoms with Crippen LogP contribution in [0.3, 0.4) is 0 Å². The monoisotopic (exact) mass is 234 g/mol. The Morgan fingerprint density at radius 1 is 1.27 bits per heavy atom. The van der Waals surface area contributed by atoms with Crippen molar-refractivity contribution in [1.29, 1.82) is 0 Å². The third kappa shape index (κ3) is 7.63. The van der Waals surface area contributed by atoms with Gasteiger partial charge in [-0.05, 0) is 32.9 Å². The predicted octanol–water partition coefficient (Wildman–Crippen LogP) is 1.85. The molecule has 0 aliphatic carbocycles. The highest BCUT2D eigenvalue weighted by Crippen LogP contribution is 1.94. The number of nitrogens with one attached hydrogen (secondary N) is 1. The lowest BCUT2D eigenvalue weighted by Gasteiger charge is -2.21. The molecule has 0 aliphatic rings. The average Bonchev–Trinajstić information content (AvgIpc) is 2.18. The van der Waals surface area contributed by atoms with Crippen LogP contribution in [0.1, 0.15) is 33.6 Å². The van der Waals surface area contributed by atoms with E-state index in [1.54, 1.807) is 6.92 Å². The van der Waals surface area contributed by atoms with E-state index in [1.165, 1.54) is 0 Å². The Bertz CT molecular complexity index is 168. The van der Waals surface area contributed by atoms with Crippen LogP contribution >= 0.6 is 11.6 Å². The molecule has 0 heterocycles. The van der Waals surface area contributed by atoms with Gasteiger partial charge in [0, 0.05) is 13.1 Å². The maximum absolute atomic E-state index is 11.2. The van der Waals surface area contributed by atoms with Crippen molar-refractivity contribution in [3.63, 3.8) is 0 Å². The smallest absolute Gasteiger partial charge is 0.237 e. The molecule has 0 aliphatic heterocycles. The summed E-state index contributed by atoms with van der Waals surface area (Å²) in [6.45, 7) is 9.82. The van der Waals surface area contributed by atoms with Gasteiger partial charge in [-0.1, -0.05) is 13.8 Å². The van der Waals surface area contributed by atoms with Gasteiger partial charge in [-0.25, -0.2) is 0 Å². The molecular weight excluding hydrogens is 212 g/mol. The summed E-state index contributed by atoms with van der Waals surface area (Å²) in [5, 5.41) is 2.38. The van der Waals surface area contributed by atoms with E-state index in [9.17, 15) is 4.79 Å². The number of halogens is 1. The predicted molar refractivity (Wildman–Crippen MR) is 65.3 cm³/mol. The Balaban J connectivity index is 3.65. The van der Waals surface area contributed by atoms with E-state index in [4.69, 9.17) is 11.6 Å². The Hall–Kier alpha value is -0.280. The van der Waals surface area contributed by atoms with Crippen LogP contribution in [-0.4, -0.2) is 42.4 Å². The largest absolute Gasteiger partial charge is 0.354 e. The van der Waals surface area contributed by atoms with Gasteiger partial charge in [-0.15, -0.1) is 11.6 Å². The van der Waals surface area contributed by atoms with Gasteiger partial charge in [0.1, 0.15) is 5.38 Å². The fraction of sp³-hybridized carbons (Fsp3) is 0.909. The third-order valence-electron chi connectivity index (χ3n) is 2.17. The van der Waals surface area contributed by atoms with E-state index < -0.39 is 5.38 Å². The zero-order valence-corrected chi connectivity index (χ0v) is 10.8. The van der Waals surface area contributed by atoms with E-state index >= 15 is 0 Å². The maximum atomic E-state index is 11.2. The Labute approximate surface area is 98.2 Å². The standard InChI is InChI=1S/C11H23ClN2O/c1-4-7-14(8-5-2)9-6-13-11(15)10(3)12/h10H,4-9H2,1-3H3,(H,13,15). The number of carbonyl (C=O) groups excluding carboxylic acids is 1. The topological polar surface area (TPSA) is 32.3 Å². The van der Waals surface area contributed by atoms with Crippen LogP contribution < -0.4 is 5.32 Å². The second-order valence-electron chi connectivity index (χ2n) is 3.75. The molecular formula is C11H23ClN2O. The molecule has 0 spiro atoms. The molecule has 0 aromatic heterocycles. The summed E-state index contributed by atoms with van der Waals surface area (Å²) in [6, 6.07) is 0. The fourth-order valence-electron chi connectivity index (χ4n) is 1.45. The fourth-order valence-corrected chi connectivity index (χ4v) is 1.52. The van der Waals surface area contributed by atoms with Gasteiger partial charge >= 0.3 is 0 Å². The van der Waals surface area contributed by atoms with Crippen LogP contribution in [0, 0.1) is 0 Å². The quantitative estimate of drug-likeness (QED) is 0.651. The number of hydrogen-bond acceptors (Lipinski definition) is 2. The molecule has 0 saturated heterocycles. The zero-order chi connectivity index (χ0) is 11.7. The molecule has 1 unspecified atom stereocenters. The second-order valence-corrected chi connectivity index (χ2v) is 4.40. The van der Waals surface area contributed by atoms with Crippen LogP contribution in [0.25, 0.3) is 0 Å². The van der Waals surface area contributed by atoms with Gasteiger partial charge in [-0.3, -0.25) is 4.79 Å². The number of nitrogens with zero attached hydrogens (tertiary/aromatic N) is 1. The first-order chi connectivity index (χ1) is 7.11. The van der Waals surface area contributed by atoms with Crippen molar-refractivity contribution >= 4 is 17.5 Å². The van der Waals surface area contributed by atoms with E-state index in [-0.39, 0.29) is 5.91 Å². The highest BCUT2D eigenvalue weighted by atomic mass is 35.5. The minimum Gasteiger partial charge on any atom is -0.354 e. The molecule has 3 nitrogen and oxygen atoms in total. The van der Waals surface area contributed by atoms with Crippen molar-refractivity contribution in [3.8, 4) is 0 Å². The van der Waals surface area contributed by atoms with E-state index in [0.717, 1.165) is 32.5 Å². The summed E-state index contributed by atoms with van der Waals surface area (Å²) in [7, 11) is 0. The van der Waals surface area contributed by atoms with Gasteiger partial charge < -0.3 is 10.2 Å². The molecule has 90 valence electrons. The van der Waals surface area contributed by atoms with Gasteiger partial charge in [0.05, 0.1) is 0 Å². The van der Waals surface area contributed by atoms with Crippen LogP contribution in [0.15, 0.2) is 0 Å². The highest BCUT2D eigenvalue weighted by molar-refractivity contribution is 6.30. The molecule has 0 aromatic carbocycles. The SMILES string of the molecule is CCCN(CCC)CCNC(=O)C(C)Cl. The molecule has 1 amide bonds. The Morgan fingerprint density at radius 2 is 1.80 bits per heavy atom. The van der Waals surface area contributed by atoms with E-state index in [1.807, 2.05) is 0 Å². The lowest BCUT2D eigenvalue weighted by Crippen LogP contribution is -2.38. The second kappa shape index (κ2) is 8.98. The minimum atomic E-state index is -0.434. The molecule has 0 bridgehead atoms. The number of alkyl halides is 1. The van der Waals surface area contributed by atoms with Crippen LogP contribution in [0.4, 0.5) is 0 Å². The van der Waals surface area contributed by atoms with Gasteiger partial charge in [-0.2, -0.15) is 0 Å². The number of carbonyl (C=O) groups is 1. The van der Waals surface area contributed by atoms with Crippen molar-refractivity contribution < 1.29 is 4.79 Å². The van der Waals surface area contributed by atoms with Gasteiger partial charge in [0.15, 0.2) is 0 Å².